The van der Waals surface area contributed by atoms with Gasteiger partial charge in [-0.2, -0.15) is 0 Å². The van der Waals surface area contributed by atoms with Crippen LogP contribution >= 0.6 is 0 Å². The summed E-state index contributed by atoms with van der Waals surface area (Å²) in [4.78, 5) is 0. The number of hydrogen-bond donors (Lipinski definition) is 2. The summed E-state index contributed by atoms with van der Waals surface area (Å²) in [5.74, 6) is 2.57. The van der Waals surface area contributed by atoms with Gasteiger partial charge in [-0.25, -0.2) is 0 Å². The summed E-state index contributed by atoms with van der Waals surface area (Å²) < 4.78 is 0. The lowest BCUT2D eigenvalue weighted by atomic mass is 10.4. The van der Waals surface area contributed by atoms with Crippen LogP contribution < -0.4 is 5.32 Å². The average Bonchev–Trinajstić information content (AvgIpc) is 1.66. The molecule has 44 valence electrons. The van der Waals surface area contributed by atoms with Gasteiger partial charge >= 0.3 is 0 Å². The van der Waals surface area contributed by atoms with Crippen molar-refractivity contribution in [2.75, 3.05) is 6.54 Å². The summed E-state index contributed by atoms with van der Waals surface area (Å²) in [6.45, 7) is 4.46. The summed E-state index contributed by atoms with van der Waals surface area (Å²) in [5.41, 5.74) is 0.394. The average molecular weight is 110 g/mol. The van der Waals surface area contributed by atoms with Crippen LogP contribution in [0.25, 0.3) is 0 Å². The first-order valence-corrected chi connectivity index (χ1v) is 2.56. The van der Waals surface area contributed by atoms with Gasteiger partial charge in [0.2, 0.25) is 0 Å². The zero-order valence-corrected chi connectivity index (χ0v) is 5.21. The van der Waals surface area contributed by atoms with E-state index < -0.39 is 0 Å². The van der Waals surface area contributed by atoms with E-state index >= 15 is 0 Å². The van der Waals surface area contributed by atoms with Crippen LogP contribution in [0.5, 0.6) is 0 Å². The van der Waals surface area contributed by atoms with E-state index in [0.717, 1.165) is 6.54 Å². The Balaban J connectivity index is 3.35. The summed E-state index contributed by atoms with van der Waals surface area (Å²) in [5, 5.41) is 9.64. The second-order valence-electron chi connectivity index (χ2n) is 1.41. The smallest absolute Gasteiger partial charge is 0.0797 e. The summed E-state index contributed by atoms with van der Waals surface area (Å²) in [6.07, 6.45) is 0. The van der Waals surface area contributed by atoms with E-state index in [1.165, 1.54) is 0 Å². The molecule has 0 radical (unpaired) electrons. The van der Waals surface area contributed by atoms with Crippen molar-refractivity contribution in [3.63, 3.8) is 0 Å². The molecule has 0 heterocycles. The van der Waals surface area contributed by atoms with E-state index in [9.17, 15) is 0 Å². The van der Waals surface area contributed by atoms with Gasteiger partial charge in [0.1, 0.15) is 0 Å². The van der Waals surface area contributed by atoms with Gasteiger partial charge in [0, 0.05) is 12.6 Å². The molecule has 0 rings (SSSR count). The highest BCUT2D eigenvalue weighted by atomic mass is 14.8. The summed E-state index contributed by atoms with van der Waals surface area (Å²) in [7, 11) is 0. The van der Waals surface area contributed by atoms with Crippen LogP contribution in [0.4, 0.5) is 0 Å². The third kappa shape index (κ3) is 5.03. The van der Waals surface area contributed by atoms with Gasteiger partial charge < -0.3 is 5.32 Å². The van der Waals surface area contributed by atoms with Crippen LogP contribution in [0.15, 0.2) is 0 Å². The molecule has 0 atom stereocenters. The fraction of sp³-hybridized carbons (Fsp3) is 0.500. The highest BCUT2D eigenvalue weighted by Crippen LogP contribution is 1.59. The maximum atomic E-state index is 6.86. The Hall–Kier alpha value is -0.970. The SMILES string of the molecule is CCNC#CC(C)=N. The Kier molecular flexibility index (Phi) is 3.69. The van der Waals surface area contributed by atoms with Gasteiger partial charge in [0.15, 0.2) is 0 Å². The summed E-state index contributed by atoms with van der Waals surface area (Å²) in [6, 6.07) is 2.61. The van der Waals surface area contributed by atoms with Crippen molar-refractivity contribution in [2.24, 2.45) is 0 Å². The quantitative estimate of drug-likeness (QED) is 0.289. The molecular formula is C6H10N2. The molecule has 0 bridgehead atoms. The molecule has 0 aliphatic carbocycles. The maximum absolute atomic E-state index is 6.86. The molecule has 8 heavy (non-hydrogen) atoms. The van der Waals surface area contributed by atoms with Crippen LogP contribution in [0.3, 0.4) is 0 Å². The first-order valence-electron chi connectivity index (χ1n) is 2.56. The van der Waals surface area contributed by atoms with E-state index in [-0.39, 0.29) is 0 Å². The zero-order valence-electron chi connectivity index (χ0n) is 5.21. The standard InChI is InChI=1S/C6H10N2/c1-3-8-5-4-6(2)7/h7-8H,3H2,1-2H3. The molecule has 0 unspecified atom stereocenters. The number of nitrogens with one attached hydrogen (secondary N) is 2. The third-order valence-corrected chi connectivity index (χ3v) is 0.515. The molecule has 0 aliphatic rings. The third-order valence-electron chi connectivity index (χ3n) is 0.515. The predicted octanol–water partition coefficient (Wildman–Crippen LogP) is 0.596. The van der Waals surface area contributed by atoms with E-state index in [0.29, 0.717) is 5.71 Å². The van der Waals surface area contributed by atoms with Crippen molar-refractivity contribution in [1.29, 1.82) is 5.41 Å². The Bertz CT molecular complexity index is 127. The van der Waals surface area contributed by atoms with Gasteiger partial charge in [-0.15, -0.1) is 0 Å². The van der Waals surface area contributed by atoms with E-state index in [4.69, 9.17) is 5.41 Å². The Morgan fingerprint density at radius 1 is 1.75 bits per heavy atom. The van der Waals surface area contributed by atoms with Crippen LogP contribution in [0, 0.1) is 17.4 Å². The fourth-order valence-electron chi connectivity index (χ4n) is 0.226. The molecule has 2 heteroatoms. The van der Waals surface area contributed by atoms with Crippen molar-refractivity contribution in [2.45, 2.75) is 13.8 Å². The van der Waals surface area contributed by atoms with Crippen molar-refractivity contribution >= 4 is 5.71 Å². The molecule has 0 saturated heterocycles. The lowest BCUT2D eigenvalue weighted by Crippen LogP contribution is -2.03. The lowest BCUT2D eigenvalue weighted by Gasteiger charge is -1.82. The minimum Gasteiger partial charge on any atom is -0.346 e. The molecule has 2 N–H and O–H groups in total. The lowest BCUT2D eigenvalue weighted by molar-refractivity contribution is 0.953. The first-order chi connectivity index (χ1) is 3.77. The molecule has 0 spiro atoms. The van der Waals surface area contributed by atoms with Gasteiger partial charge in [-0.3, -0.25) is 5.41 Å². The Morgan fingerprint density at radius 3 is 2.75 bits per heavy atom. The molecule has 0 aromatic heterocycles. The van der Waals surface area contributed by atoms with Crippen LogP contribution in [-0.4, -0.2) is 12.3 Å². The second-order valence-corrected chi connectivity index (χ2v) is 1.41. The topological polar surface area (TPSA) is 35.9 Å². The van der Waals surface area contributed by atoms with Crippen molar-refractivity contribution < 1.29 is 0 Å². The highest BCUT2D eigenvalue weighted by Gasteiger charge is 1.69. The van der Waals surface area contributed by atoms with Crippen LogP contribution in [0.2, 0.25) is 0 Å². The minimum absolute atomic E-state index is 0.394. The van der Waals surface area contributed by atoms with Gasteiger partial charge in [-0.05, 0) is 19.8 Å². The van der Waals surface area contributed by atoms with E-state index in [2.05, 4.69) is 17.3 Å². The largest absolute Gasteiger partial charge is 0.346 e. The fourth-order valence-corrected chi connectivity index (χ4v) is 0.226. The number of hydrogen-bond acceptors (Lipinski definition) is 2. The number of rotatable bonds is 1. The monoisotopic (exact) mass is 110 g/mol. The predicted molar refractivity (Wildman–Crippen MR) is 34.9 cm³/mol. The Labute approximate surface area is 49.8 Å². The normalized spacial score (nSPS) is 6.75. The zero-order chi connectivity index (χ0) is 6.41. The van der Waals surface area contributed by atoms with Crippen LogP contribution in [0.1, 0.15) is 13.8 Å². The second kappa shape index (κ2) is 4.20. The Morgan fingerprint density at radius 2 is 2.38 bits per heavy atom. The molecule has 0 aromatic rings. The van der Waals surface area contributed by atoms with Crippen molar-refractivity contribution in [1.82, 2.24) is 5.32 Å². The van der Waals surface area contributed by atoms with E-state index in [1.807, 2.05) is 6.92 Å². The molecule has 2 nitrogen and oxygen atoms in total. The molecule has 0 amide bonds. The summed E-state index contributed by atoms with van der Waals surface area (Å²) >= 11 is 0. The van der Waals surface area contributed by atoms with Crippen molar-refractivity contribution in [3.8, 4) is 12.0 Å². The highest BCUT2D eigenvalue weighted by molar-refractivity contribution is 5.95. The molecule has 0 saturated carbocycles. The molecule has 0 fully saturated rings. The van der Waals surface area contributed by atoms with Crippen molar-refractivity contribution in [3.05, 3.63) is 0 Å². The van der Waals surface area contributed by atoms with Crippen LogP contribution in [-0.2, 0) is 0 Å². The molecule has 0 aliphatic heterocycles. The van der Waals surface area contributed by atoms with Gasteiger partial charge in [0.25, 0.3) is 0 Å². The maximum Gasteiger partial charge on any atom is 0.0797 e. The van der Waals surface area contributed by atoms with Gasteiger partial charge in [0.05, 0.1) is 5.71 Å². The van der Waals surface area contributed by atoms with E-state index in [1.54, 1.807) is 6.92 Å². The first kappa shape index (κ1) is 7.03. The molecular weight excluding hydrogens is 100 g/mol. The molecule has 0 aromatic carbocycles. The minimum atomic E-state index is 0.394. The van der Waals surface area contributed by atoms with Gasteiger partial charge in [-0.1, -0.05) is 0 Å².